The number of fused-ring (bicyclic) bond motifs is 1. The highest BCUT2D eigenvalue weighted by Crippen LogP contribution is 2.27. The Morgan fingerprint density at radius 3 is 2.49 bits per heavy atom. The second-order valence-electron chi connectivity index (χ2n) is 10.5. The molecule has 1 aromatic carbocycles. The molecule has 0 fully saturated rings. The third kappa shape index (κ3) is 9.78. The number of benzene rings is 1. The van der Waals surface area contributed by atoms with Gasteiger partial charge in [0.1, 0.15) is 5.78 Å². The first kappa shape index (κ1) is 30.8. The summed E-state index contributed by atoms with van der Waals surface area (Å²) in [5.74, 6) is -0.251. The fourth-order valence-electron chi connectivity index (χ4n) is 4.47. The number of thiazole rings is 1. The van der Waals surface area contributed by atoms with Crippen LogP contribution in [0, 0.1) is 11.8 Å². The van der Waals surface area contributed by atoms with Gasteiger partial charge in [0.2, 0.25) is 5.91 Å². The highest BCUT2D eigenvalue weighted by atomic mass is 32.1. The van der Waals surface area contributed by atoms with Gasteiger partial charge < -0.3 is 10.2 Å². The number of likely N-dealkylation sites (N-methyl/N-ethyl adjacent to an activating group) is 1. The van der Waals surface area contributed by atoms with E-state index in [1.54, 1.807) is 11.3 Å². The molecule has 0 spiro atoms. The predicted molar refractivity (Wildman–Crippen MR) is 154 cm³/mol. The van der Waals surface area contributed by atoms with Gasteiger partial charge in [-0.05, 0) is 57.0 Å². The Labute approximate surface area is 226 Å². The third-order valence-electron chi connectivity index (χ3n) is 6.94. The fraction of sp³-hybridized carbons (Fsp3) is 0.600. The van der Waals surface area contributed by atoms with Crippen molar-refractivity contribution >= 4 is 39.0 Å². The summed E-state index contributed by atoms with van der Waals surface area (Å²) in [6.45, 7) is 12.8. The largest absolute Gasteiger partial charge is 0.353 e. The van der Waals surface area contributed by atoms with E-state index in [1.807, 2.05) is 32.0 Å². The zero-order valence-corrected chi connectivity index (χ0v) is 24.4. The van der Waals surface area contributed by atoms with Crippen LogP contribution in [0.5, 0.6) is 0 Å². The monoisotopic (exact) mass is 527 g/mol. The van der Waals surface area contributed by atoms with E-state index in [0.717, 1.165) is 34.5 Å². The summed E-state index contributed by atoms with van der Waals surface area (Å²) in [5, 5.41) is 4.09. The molecule has 1 heterocycles. The molecule has 6 nitrogen and oxygen atoms in total. The molecule has 0 radical (unpaired) electrons. The summed E-state index contributed by atoms with van der Waals surface area (Å²) in [4.78, 5) is 45.5. The molecular formula is C30H45N3O3S. The van der Waals surface area contributed by atoms with Crippen molar-refractivity contribution in [3.05, 3.63) is 40.9 Å². The minimum atomic E-state index is -0.476. The second kappa shape index (κ2) is 15.1. The average Bonchev–Trinajstić information content (AvgIpc) is 3.26. The molecule has 204 valence electrons. The Morgan fingerprint density at radius 1 is 1.14 bits per heavy atom. The van der Waals surface area contributed by atoms with Gasteiger partial charge in [-0.3, -0.25) is 14.4 Å². The lowest BCUT2D eigenvalue weighted by Crippen LogP contribution is -2.43. The summed E-state index contributed by atoms with van der Waals surface area (Å²) < 4.78 is 1.11. The van der Waals surface area contributed by atoms with Gasteiger partial charge >= 0.3 is 0 Å². The normalized spacial score (nSPS) is 13.9. The number of nitrogens with zero attached hydrogens (tertiary/aromatic N) is 2. The lowest BCUT2D eigenvalue weighted by Gasteiger charge is -2.27. The molecule has 0 saturated carbocycles. The Hall–Kier alpha value is -2.38. The van der Waals surface area contributed by atoms with Crippen molar-refractivity contribution in [1.29, 1.82) is 0 Å². The molecule has 2 aromatic rings. The number of aryl methyl sites for hydroxylation is 1. The SMILES string of the molecule is C=C(CN(C)C)C(=O)CC[C@@H](NC(=O)[C@@H](CC(=O)CCC)Cc1nc2ccc(CC)cc2s1)[C@@H](C)CC. The van der Waals surface area contributed by atoms with E-state index in [9.17, 15) is 14.4 Å². The zero-order chi connectivity index (χ0) is 27.5. The van der Waals surface area contributed by atoms with Crippen LogP contribution in [0.3, 0.4) is 0 Å². The number of aromatic nitrogens is 1. The maximum Gasteiger partial charge on any atom is 0.224 e. The summed E-state index contributed by atoms with van der Waals surface area (Å²) in [6, 6.07) is 6.14. The van der Waals surface area contributed by atoms with Crippen LogP contribution in [-0.4, -0.2) is 54.0 Å². The molecule has 0 aliphatic carbocycles. The van der Waals surface area contributed by atoms with E-state index < -0.39 is 5.92 Å². The van der Waals surface area contributed by atoms with Crippen molar-refractivity contribution in [2.45, 2.75) is 85.1 Å². The molecule has 1 aromatic heterocycles. The van der Waals surface area contributed by atoms with Crippen molar-refractivity contribution < 1.29 is 14.4 Å². The molecule has 7 heteroatoms. The van der Waals surface area contributed by atoms with Gasteiger partial charge in [0, 0.05) is 43.8 Å². The van der Waals surface area contributed by atoms with E-state index in [2.05, 4.69) is 44.8 Å². The molecule has 1 amide bonds. The van der Waals surface area contributed by atoms with Crippen molar-refractivity contribution in [3.8, 4) is 0 Å². The maximum absolute atomic E-state index is 13.6. The van der Waals surface area contributed by atoms with E-state index in [1.165, 1.54) is 5.56 Å². The quantitative estimate of drug-likeness (QED) is 0.264. The zero-order valence-electron chi connectivity index (χ0n) is 23.6. The van der Waals surface area contributed by atoms with Crippen LogP contribution in [0.15, 0.2) is 30.4 Å². The summed E-state index contributed by atoms with van der Waals surface area (Å²) in [6.07, 6.45) is 4.64. The van der Waals surface area contributed by atoms with Crippen LogP contribution >= 0.6 is 11.3 Å². The first-order valence-corrected chi connectivity index (χ1v) is 14.5. The van der Waals surface area contributed by atoms with Gasteiger partial charge in [-0.2, -0.15) is 0 Å². The smallest absolute Gasteiger partial charge is 0.224 e. The summed E-state index contributed by atoms with van der Waals surface area (Å²) in [5.41, 5.74) is 2.78. The number of carbonyl (C=O) groups excluding carboxylic acids is 3. The minimum Gasteiger partial charge on any atom is -0.353 e. The second-order valence-corrected chi connectivity index (χ2v) is 11.6. The lowest BCUT2D eigenvalue weighted by molar-refractivity contribution is -0.130. The Morgan fingerprint density at radius 2 is 1.86 bits per heavy atom. The first-order valence-electron chi connectivity index (χ1n) is 13.6. The minimum absolute atomic E-state index is 0.0341. The predicted octanol–water partition coefficient (Wildman–Crippen LogP) is 5.77. The molecule has 0 aliphatic heterocycles. The van der Waals surface area contributed by atoms with Crippen molar-refractivity contribution in [1.82, 2.24) is 15.2 Å². The topological polar surface area (TPSA) is 79.4 Å². The van der Waals surface area contributed by atoms with E-state index in [4.69, 9.17) is 4.98 Å². The molecule has 2 rings (SSSR count). The van der Waals surface area contributed by atoms with Crippen LogP contribution < -0.4 is 5.32 Å². The maximum atomic E-state index is 13.6. The van der Waals surface area contributed by atoms with Crippen molar-refractivity contribution in [2.24, 2.45) is 11.8 Å². The number of Topliss-reactive ketones (excluding diaryl/α,β-unsaturated/α-hetero) is 2. The third-order valence-corrected chi connectivity index (χ3v) is 7.98. The summed E-state index contributed by atoms with van der Waals surface area (Å²) >= 11 is 1.60. The van der Waals surface area contributed by atoms with E-state index in [-0.39, 0.29) is 35.9 Å². The van der Waals surface area contributed by atoms with Gasteiger partial charge in [0.05, 0.1) is 21.1 Å². The van der Waals surface area contributed by atoms with Gasteiger partial charge in [-0.1, -0.05) is 46.8 Å². The number of rotatable bonds is 17. The highest BCUT2D eigenvalue weighted by molar-refractivity contribution is 7.18. The van der Waals surface area contributed by atoms with Crippen molar-refractivity contribution in [2.75, 3.05) is 20.6 Å². The van der Waals surface area contributed by atoms with Gasteiger partial charge in [0.15, 0.2) is 5.78 Å². The number of amides is 1. The standard InChI is InChI=1S/C30H45N3O3S/c1-8-11-24(34)17-23(18-29-31-26-13-12-22(10-3)16-28(26)37-29)30(36)32-25(20(4)9-2)14-15-27(35)21(5)19-33(6)7/h12-13,16,20,23,25H,5,8-11,14-15,17-19H2,1-4,6-7H3,(H,32,36)/t20-,23-,25+/m0/s1. The molecule has 0 unspecified atom stereocenters. The Kier molecular flexibility index (Phi) is 12.6. The molecule has 0 bridgehead atoms. The number of hydrogen-bond donors (Lipinski definition) is 1. The fourth-order valence-corrected chi connectivity index (χ4v) is 5.58. The van der Waals surface area contributed by atoms with E-state index in [0.29, 0.717) is 37.8 Å². The van der Waals surface area contributed by atoms with Gasteiger partial charge in [0.25, 0.3) is 0 Å². The molecular weight excluding hydrogens is 482 g/mol. The number of nitrogens with one attached hydrogen (secondary N) is 1. The van der Waals surface area contributed by atoms with Crippen LogP contribution in [0.1, 0.15) is 76.8 Å². The molecule has 37 heavy (non-hydrogen) atoms. The van der Waals surface area contributed by atoms with Crippen LogP contribution in [0.2, 0.25) is 0 Å². The number of carbonyl (C=O) groups is 3. The molecule has 1 N–H and O–H groups in total. The number of hydrogen-bond acceptors (Lipinski definition) is 6. The van der Waals surface area contributed by atoms with Crippen LogP contribution in [-0.2, 0) is 27.2 Å². The highest BCUT2D eigenvalue weighted by Gasteiger charge is 2.28. The first-order chi connectivity index (χ1) is 17.6. The Balaban J connectivity index is 2.18. The lowest BCUT2D eigenvalue weighted by atomic mass is 9.91. The Bertz CT molecular complexity index is 1080. The summed E-state index contributed by atoms with van der Waals surface area (Å²) in [7, 11) is 3.82. The molecule has 3 atom stereocenters. The van der Waals surface area contributed by atoms with Gasteiger partial charge in [-0.15, -0.1) is 11.3 Å². The van der Waals surface area contributed by atoms with E-state index >= 15 is 0 Å². The number of ketones is 2. The van der Waals surface area contributed by atoms with Crippen LogP contribution in [0.4, 0.5) is 0 Å². The average molecular weight is 528 g/mol. The van der Waals surface area contributed by atoms with Gasteiger partial charge in [-0.25, -0.2) is 4.98 Å². The van der Waals surface area contributed by atoms with Crippen molar-refractivity contribution in [3.63, 3.8) is 0 Å². The molecule has 0 aliphatic rings. The molecule has 0 saturated heterocycles. The van der Waals surface area contributed by atoms with Crippen LogP contribution in [0.25, 0.3) is 10.2 Å².